The van der Waals surface area contributed by atoms with Gasteiger partial charge in [-0.3, -0.25) is 9.78 Å². The van der Waals surface area contributed by atoms with E-state index in [1.807, 2.05) is 24.4 Å². The molecule has 1 amide bonds. The molecule has 5 rings (SSSR count). The van der Waals surface area contributed by atoms with Crippen molar-refractivity contribution in [3.05, 3.63) is 58.0 Å². The fraction of sp³-hybridized carbons (Fsp3) is 0.462. The van der Waals surface area contributed by atoms with E-state index < -0.39 is 0 Å². The normalized spacial score (nSPS) is 16.5. The number of H-pyrrole nitrogens is 1. The minimum absolute atomic E-state index is 0.0629. The number of aryl methyl sites for hydroxylation is 1. The summed E-state index contributed by atoms with van der Waals surface area (Å²) < 4.78 is 0. The summed E-state index contributed by atoms with van der Waals surface area (Å²) in [4.78, 5) is 23.6. The highest BCUT2D eigenvalue weighted by molar-refractivity contribution is 6.31. The van der Waals surface area contributed by atoms with Gasteiger partial charge in [-0.15, -0.1) is 0 Å². The van der Waals surface area contributed by atoms with Gasteiger partial charge in [-0.25, -0.2) is 0 Å². The molecule has 0 bridgehead atoms. The largest absolute Gasteiger partial charge is 0.370 e. The Balaban J connectivity index is 1.28. The number of piperidine rings is 1. The molecule has 1 saturated carbocycles. The van der Waals surface area contributed by atoms with E-state index in [2.05, 4.69) is 28.2 Å². The first-order valence-corrected chi connectivity index (χ1v) is 12.3. The van der Waals surface area contributed by atoms with E-state index in [9.17, 15) is 4.79 Å². The van der Waals surface area contributed by atoms with Crippen LogP contribution in [0.25, 0.3) is 10.9 Å². The predicted molar refractivity (Wildman–Crippen MR) is 131 cm³/mol. The quantitative estimate of drug-likeness (QED) is 0.491. The molecule has 1 aliphatic carbocycles. The van der Waals surface area contributed by atoms with Crippen molar-refractivity contribution in [1.29, 1.82) is 0 Å². The van der Waals surface area contributed by atoms with Crippen LogP contribution in [0.1, 0.15) is 72.3 Å². The first kappa shape index (κ1) is 21.3. The second-order valence-electron chi connectivity index (χ2n) is 9.08. The van der Waals surface area contributed by atoms with Gasteiger partial charge < -0.3 is 15.2 Å². The Kier molecular flexibility index (Phi) is 6.09. The number of rotatable bonds is 7. The highest BCUT2D eigenvalue weighted by Gasteiger charge is 2.28. The first-order chi connectivity index (χ1) is 15.6. The minimum Gasteiger partial charge on any atom is -0.370 e. The molecule has 3 heterocycles. The zero-order valence-corrected chi connectivity index (χ0v) is 19.5. The summed E-state index contributed by atoms with van der Waals surface area (Å²) in [7, 11) is 0. The molecular weight excluding hydrogens is 420 g/mol. The Morgan fingerprint density at radius 3 is 2.78 bits per heavy atom. The molecule has 2 N–H and O–H groups in total. The van der Waals surface area contributed by atoms with E-state index in [0.717, 1.165) is 48.1 Å². The maximum Gasteiger partial charge on any atom is 0.268 e. The van der Waals surface area contributed by atoms with E-state index in [4.69, 9.17) is 16.6 Å². The van der Waals surface area contributed by atoms with Crippen molar-refractivity contribution in [3.8, 4) is 0 Å². The van der Waals surface area contributed by atoms with E-state index in [1.54, 1.807) is 0 Å². The van der Waals surface area contributed by atoms with E-state index in [1.165, 1.54) is 43.4 Å². The third-order valence-electron chi connectivity index (χ3n) is 6.82. The summed E-state index contributed by atoms with van der Waals surface area (Å²) >= 11 is 6.17. The lowest BCUT2D eigenvalue weighted by Gasteiger charge is -2.29. The third kappa shape index (κ3) is 4.36. The number of amides is 1. The zero-order valence-electron chi connectivity index (χ0n) is 18.7. The minimum atomic E-state index is -0.0629. The van der Waals surface area contributed by atoms with Crippen LogP contribution in [-0.4, -0.2) is 35.5 Å². The van der Waals surface area contributed by atoms with Crippen molar-refractivity contribution in [1.82, 2.24) is 15.3 Å². The number of benzene rings is 1. The Morgan fingerprint density at radius 2 is 2.03 bits per heavy atom. The Bertz CT molecular complexity index is 1130. The van der Waals surface area contributed by atoms with Crippen LogP contribution in [0.4, 0.5) is 5.69 Å². The summed E-state index contributed by atoms with van der Waals surface area (Å²) in [6.45, 7) is 4.91. The van der Waals surface area contributed by atoms with Crippen LogP contribution in [-0.2, 0) is 12.8 Å². The molecule has 3 aromatic rings. The number of nitrogens with zero attached hydrogens (tertiary/aromatic N) is 2. The molecule has 2 aromatic heterocycles. The number of pyridine rings is 1. The van der Waals surface area contributed by atoms with Crippen LogP contribution < -0.4 is 10.2 Å². The standard InChI is InChI=1S/C26H31ClN4O/c1-2-20-22-14-18(27)8-9-24(22)30-25(20)26(32)28-11-10-23-21(17-6-7-17)15-19(16-29-23)31-12-4-3-5-13-31/h8-9,14-17,30H,2-7,10-13H2,1H3,(H,28,32). The van der Waals surface area contributed by atoms with Gasteiger partial charge in [-0.05, 0) is 79.8 Å². The van der Waals surface area contributed by atoms with Crippen molar-refractivity contribution in [2.75, 3.05) is 24.5 Å². The van der Waals surface area contributed by atoms with Crippen LogP contribution in [0.15, 0.2) is 30.5 Å². The fourth-order valence-electron chi connectivity index (χ4n) is 4.94. The predicted octanol–water partition coefficient (Wildman–Crippen LogP) is 5.62. The number of halogens is 1. The van der Waals surface area contributed by atoms with Crippen molar-refractivity contribution in [2.45, 2.75) is 57.8 Å². The Hall–Kier alpha value is -2.53. The molecule has 0 unspecified atom stereocenters. The molecule has 32 heavy (non-hydrogen) atoms. The fourth-order valence-corrected chi connectivity index (χ4v) is 5.12. The average molecular weight is 451 g/mol. The summed E-state index contributed by atoms with van der Waals surface area (Å²) in [5, 5.41) is 4.82. The molecule has 5 nitrogen and oxygen atoms in total. The van der Waals surface area contributed by atoms with Gasteiger partial charge in [0.2, 0.25) is 0 Å². The summed E-state index contributed by atoms with van der Waals surface area (Å²) in [5.74, 6) is 0.579. The van der Waals surface area contributed by atoms with Crippen LogP contribution in [0.5, 0.6) is 0 Å². The highest BCUT2D eigenvalue weighted by Crippen LogP contribution is 2.42. The monoisotopic (exact) mass is 450 g/mol. The van der Waals surface area contributed by atoms with Crippen LogP contribution >= 0.6 is 11.6 Å². The number of fused-ring (bicyclic) bond motifs is 1. The first-order valence-electron chi connectivity index (χ1n) is 12.0. The molecular formula is C26H31ClN4O. The number of carbonyl (C=O) groups excluding carboxylic acids is 1. The molecule has 0 atom stereocenters. The summed E-state index contributed by atoms with van der Waals surface area (Å²) in [5.41, 5.74) is 6.39. The number of aromatic amines is 1. The van der Waals surface area contributed by atoms with E-state index >= 15 is 0 Å². The molecule has 168 valence electrons. The van der Waals surface area contributed by atoms with Gasteiger partial charge >= 0.3 is 0 Å². The highest BCUT2D eigenvalue weighted by atomic mass is 35.5. The maximum atomic E-state index is 13.0. The van der Waals surface area contributed by atoms with Gasteiger partial charge in [0.05, 0.1) is 11.9 Å². The van der Waals surface area contributed by atoms with Gasteiger partial charge in [-0.2, -0.15) is 0 Å². The second-order valence-corrected chi connectivity index (χ2v) is 9.52. The van der Waals surface area contributed by atoms with Crippen molar-refractivity contribution in [2.24, 2.45) is 0 Å². The lowest BCUT2D eigenvalue weighted by atomic mass is 10.0. The molecule has 1 aliphatic heterocycles. The smallest absolute Gasteiger partial charge is 0.268 e. The van der Waals surface area contributed by atoms with Gasteiger partial charge in [0.1, 0.15) is 5.69 Å². The molecule has 0 spiro atoms. The lowest BCUT2D eigenvalue weighted by molar-refractivity contribution is 0.0949. The molecule has 1 aromatic carbocycles. The lowest BCUT2D eigenvalue weighted by Crippen LogP contribution is -2.30. The SMILES string of the molecule is CCc1c(C(=O)NCCc2ncc(N3CCCCC3)cc2C2CC2)[nH]c2ccc(Cl)cc12. The number of aromatic nitrogens is 2. The van der Waals surface area contributed by atoms with Crippen molar-refractivity contribution < 1.29 is 4.79 Å². The maximum absolute atomic E-state index is 13.0. The number of carbonyl (C=O) groups is 1. The van der Waals surface area contributed by atoms with Gasteiger partial charge in [-0.1, -0.05) is 18.5 Å². The third-order valence-corrected chi connectivity index (χ3v) is 7.06. The molecule has 1 saturated heterocycles. The topological polar surface area (TPSA) is 61.0 Å². The molecule has 2 aliphatic rings. The number of hydrogen-bond donors (Lipinski definition) is 2. The number of hydrogen-bond acceptors (Lipinski definition) is 3. The molecule has 6 heteroatoms. The second kappa shape index (κ2) is 9.14. The summed E-state index contributed by atoms with van der Waals surface area (Å²) in [6, 6.07) is 8.08. The van der Waals surface area contributed by atoms with Gasteiger partial charge in [0, 0.05) is 47.7 Å². The van der Waals surface area contributed by atoms with Gasteiger partial charge in [0.15, 0.2) is 0 Å². The van der Waals surface area contributed by atoms with Crippen molar-refractivity contribution in [3.63, 3.8) is 0 Å². The van der Waals surface area contributed by atoms with Crippen molar-refractivity contribution >= 4 is 34.1 Å². The average Bonchev–Trinajstić information content (AvgIpc) is 3.60. The summed E-state index contributed by atoms with van der Waals surface area (Å²) in [6.07, 6.45) is 9.94. The van der Waals surface area contributed by atoms with E-state index in [-0.39, 0.29) is 5.91 Å². The number of nitrogens with one attached hydrogen (secondary N) is 2. The molecule has 0 radical (unpaired) electrons. The van der Waals surface area contributed by atoms with Gasteiger partial charge in [0.25, 0.3) is 5.91 Å². The van der Waals surface area contributed by atoms with Crippen LogP contribution in [0.2, 0.25) is 5.02 Å². The number of anilines is 1. The van der Waals surface area contributed by atoms with Crippen LogP contribution in [0.3, 0.4) is 0 Å². The Morgan fingerprint density at radius 1 is 1.22 bits per heavy atom. The van der Waals surface area contributed by atoms with E-state index in [0.29, 0.717) is 23.2 Å². The van der Waals surface area contributed by atoms with Crippen LogP contribution in [0, 0.1) is 0 Å². The zero-order chi connectivity index (χ0) is 22.1. The Labute approximate surface area is 194 Å². The molecule has 2 fully saturated rings.